The molecule has 76 valence electrons. The predicted octanol–water partition coefficient (Wildman–Crippen LogP) is 1.87. The van der Waals surface area contributed by atoms with E-state index < -0.39 is 0 Å². The van der Waals surface area contributed by atoms with Crippen LogP contribution < -0.4 is 10.6 Å². The SMILES string of the molecule is Nc1ccc(N2CCSSCC2)cn1. The third-order valence-electron chi connectivity index (χ3n) is 2.11. The Morgan fingerprint density at radius 3 is 2.50 bits per heavy atom. The van der Waals surface area contributed by atoms with Gasteiger partial charge in [-0.1, -0.05) is 21.6 Å². The van der Waals surface area contributed by atoms with Gasteiger partial charge in [0.1, 0.15) is 5.82 Å². The highest BCUT2D eigenvalue weighted by molar-refractivity contribution is 8.76. The van der Waals surface area contributed by atoms with Gasteiger partial charge in [0.05, 0.1) is 11.9 Å². The summed E-state index contributed by atoms with van der Waals surface area (Å²) in [5.41, 5.74) is 6.73. The maximum atomic E-state index is 5.55. The summed E-state index contributed by atoms with van der Waals surface area (Å²) < 4.78 is 0. The molecule has 0 amide bonds. The highest BCUT2D eigenvalue weighted by atomic mass is 33.1. The van der Waals surface area contributed by atoms with Crippen molar-refractivity contribution in [1.82, 2.24) is 4.98 Å². The Morgan fingerprint density at radius 1 is 1.21 bits per heavy atom. The van der Waals surface area contributed by atoms with Crippen molar-refractivity contribution in [3.05, 3.63) is 18.3 Å². The minimum absolute atomic E-state index is 0.590. The van der Waals surface area contributed by atoms with Crippen LogP contribution >= 0.6 is 21.6 Å². The molecule has 1 aliphatic heterocycles. The molecule has 0 aliphatic carbocycles. The van der Waals surface area contributed by atoms with Crippen LogP contribution in [0.3, 0.4) is 0 Å². The second kappa shape index (κ2) is 4.79. The summed E-state index contributed by atoms with van der Waals surface area (Å²) in [5, 5.41) is 0. The molecule has 1 aromatic heterocycles. The van der Waals surface area contributed by atoms with Gasteiger partial charge in [-0.2, -0.15) is 0 Å². The van der Waals surface area contributed by atoms with Gasteiger partial charge >= 0.3 is 0 Å². The summed E-state index contributed by atoms with van der Waals surface area (Å²) in [7, 11) is 3.89. The summed E-state index contributed by atoms with van der Waals surface area (Å²) in [5.74, 6) is 2.94. The molecule has 1 aromatic rings. The second-order valence-corrected chi connectivity index (χ2v) is 5.77. The number of hydrogen-bond acceptors (Lipinski definition) is 5. The molecule has 0 spiro atoms. The van der Waals surface area contributed by atoms with Crippen LogP contribution in [-0.4, -0.2) is 29.6 Å². The van der Waals surface area contributed by atoms with Gasteiger partial charge in [0.15, 0.2) is 0 Å². The van der Waals surface area contributed by atoms with E-state index in [4.69, 9.17) is 5.73 Å². The number of rotatable bonds is 1. The Hall–Kier alpha value is -0.550. The first-order valence-electron chi connectivity index (χ1n) is 4.57. The number of nitrogen functional groups attached to an aromatic ring is 1. The van der Waals surface area contributed by atoms with Gasteiger partial charge in [-0.15, -0.1) is 0 Å². The lowest BCUT2D eigenvalue weighted by molar-refractivity contribution is 0.880. The Kier molecular flexibility index (Phi) is 3.42. The highest BCUT2D eigenvalue weighted by Gasteiger charge is 2.10. The lowest BCUT2D eigenvalue weighted by Crippen LogP contribution is -2.26. The van der Waals surface area contributed by atoms with E-state index in [9.17, 15) is 0 Å². The fraction of sp³-hybridized carbons (Fsp3) is 0.444. The third-order valence-corrected chi connectivity index (χ3v) is 4.47. The first kappa shape index (κ1) is 9.98. The highest BCUT2D eigenvalue weighted by Crippen LogP contribution is 2.26. The van der Waals surface area contributed by atoms with E-state index in [0.717, 1.165) is 13.1 Å². The molecule has 2 N–H and O–H groups in total. The largest absolute Gasteiger partial charge is 0.384 e. The second-order valence-electron chi connectivity index (χ2n) is 3.07. The lowest BCUT2D eigenvalue weighted by Gasteiger charge is -2.21. The number of pyridine rings is 1. The fourth-order valence-corrected chi connectivity index (χ4v) is 3.35. The monoisotopic (exact) mass is 227 g/mol. The van der Waals surface area contributed by atoms with Gasteiger partial charge < -0.3 is 10.6 Å². The number of hydrogen-bond donors (Lipinski definition) is 1. The molecule has 1 fully saturated rings. The van der Waals surface area contributed by atoms with E-state index >= 15 is 0 Å². The van der Waals surface area contributed by atoms with Gasteiger partial charge in [-0.05, 0) is 12.1 Å². The molecule has 0 aromatic carbocycles. The first-order valence-corrected chi connectivity index (χ1v) is 7.06. The zero-order valence-corrected chi connectivity index (χ0v) is 9.48. The molecule has 2 rings (SSSR count). The smallest absolute Gasteiger partial charge is 0.123 e. The molecule has 14 heavy (non-hydrogen) atoms. The molecule has 0 unspecified atom stereocenters. The van der Waals surface area contributed by atoms with Crippen LogP contribution in [0.25, 0.3) is 0 Å². The Balaban J connectivity index is 2.08. The Labute approximate surface area is 91.9 Å². The number of nitrogens with two attached hydrogens (primary N) is 1. The number of anilines is 2. The van der Waals surface area contributed by atoms with Gasteiger partial charge in [0.2, 0.25) is 0 Å². The van der Waals surface area contributed by atoms with Crippen molar-refractivity contribution in [3.8, 4) is 0 Å². The van der Waals surface area contributed by atoms with Crippen LogP contribution in [0.1, 0.15) is 0 Å². The number of aromatic nitrogens is 1. The van der Waals surface area contributed by atoms with E-state index in [1.807, 2.05) is 39.9 Å². The molecular formula is C9H13N3S2. The van der Waals surface area contributed by atoms with E-state index in [1.54, 1.807) is 0 Å². The van der Waals surface area contributed by atoms with E-state index in [-0.39, 0.29) is 0 Å². The van der Waals surface area contributed by atoms with Gasteiger partial charge in [-0.3, -0.25) is 0 Å². The molecule has 2 heterocycles. The molecule has 0 saturated carbocycles. The fourth-order valence-electron chi connectivity index (χ4n) is 1.37. The normalized spacial score (nSPS) is 17.9. The maximum absolute atomic E-state index is 5.55. The molecule has 0 atom stereocenters. The summed E-state index contributed by atoms with van der Waals surface area (Å²) in [6.07, 6.45) is 1.86. The van der Waals surface area contributed by atoms with Crippen LogP contribution in [0, 0.1) is 0 Å². The van der Waals surface area contributed by atoms with Crippen molar-refractivity contribution in [3.63, 3.8) is 0 Å². The van der Waals surface area contributed by atoms with Crippen molar-refractivity contribution in [1.29, 1.82) is 0 Å². The Morgan fingerprint density at radius 2 is 1.93 bits per heavy atom. The van der Waals surface area contributed by atoms with Crippen molar-refractivity contribution in [2.24, 2.45) is 0 Å². The Bertz CT molecular complexity index is 281. The van der Waals surface area contributed by atoms with E-state index in [1.165, 1.54) is 17.2 Å². The summed E-state index contributed by atoms with van der Waals surface area (Å²) in [4.78, 5) is 6.47. The van der Waals surface area contributed by atoms with Crippen LogP contribution in [0.15, 0.2) is 18.3 Å². The molecule has 5 heteroatoms. The standard InChI is InChI=1S/C9H13N3S2/c10-9-2-1-8(7-11-9)12-3-5-13-14-6-4-12/h1-2,7H,3-6H2,(H2,10,11). The van der Waals surface area contributed by atoms with Crippen molar-refractivity contribution in [2.75, 3.05) is 35.2 Å². The minimum Gasteiger partial charge on any atom is -0.384 e. The van der Waals surface area contributed by atoms with Crippen LogP contribution in [0.2, 0.25) is 0 Å². The first-order chi connectivity index (χ1) is 6.86. The van der Waals surface area contributed by atoms with Crippen molar-refractivity contribution < 1.29 is 0 Å². The summed E-state index contributed by atoms with van der Waals surface area (Å²) in [6.45, 7) is 2.20. The van der Waals surface area contributed by atoms with Crippen molar-refractivity contribution >= 4 is 33.1 Å². The predicted molar refractivity (Wildman–Crippen MR) is 65.8 cm³/mol. The summed E-state index contributed by atoms with van der Waals surface area (Å²) in [6, 6.07) is 3.91. The number of nitrogens with zero attached hydrogens (tertiary/aromatic N) is 2. The zero-order valence-electron chi connectivity index (χ0n) is 7.85. The van der Waals surface area contributed by atoms with Crippen LogP contribution in [-0.2, 0) is 0 Å². The third kappa shape index (κ3) is 2.48. The molecule has 1 saturated heterocycles. The topological polar surface area (TPSA) is 42.1 Å². The lowest BCUT2D eigenvalue weighted by atomic mass is 10.3. The molecule has 0 bridgehead atoms. The molecule has 0 radical (unpaired) electrons. The zero-order chi connectivity index (χ0) is 9.80. The minimum atomic E-state index is 0.590. The average Bonchev–Trinajstić information content (AvgIpc) is 2.47. The molecule has 1 aliphatic rings. The van der Waals surface area contributed by atoms with E-state index in [0.29, 0.717) is 5.82 Å². The maximum Gasteiger partial charge on any atom is 0.123 e. The van der Waals surface area contributed by atoms with Gasteiger partial charge in [-0.25, -0.2) is 4.98 Å². The molecular weight excluding hydrogens is 214 g/mol. The van der Waals surface area contributed by atoms with Crippen LogP contribution in [0.5, 0.6) is 0 Å². The quantitative estimate of drug-likeness (QED) is 0.742. The van der Waals surface area contributed by atoms with Gasteiger partial charge in [0.25, 0.3) is 0 Å². The van der Waals surface area contributed by atoms with E-state index in [2.05, 4.69) is 9.88 Å². The van der Waals surface area contributed by atoms with Gasteiger partial charge in [0, 0.05) is 24.6 Å². The van der Waals surface area contributed by atoms with Crippen molar-refractivity contribution in [2.45, 2.75) is 0 Å². The van der Waals surface area contributed by atoms with Crippen LogP contribution in [0.4, 0.5) is 11.5 Å². The molecule has 3 nitrogen and oxygen atoms in total. The average molecular weight is 227 g/mol. The summed E-state index contributed by atoms with van der Waals surface area (Å²) >= 11 is 0.